The molecule has 0 N–H and O–H groups in total. The summed E-state index contributed by atoms with van der Waals surface area (Å²) in [7, 11) is 1.63. The first kappa shape index (κ1) is 10.5. The smallest absolute Gasteiger partial charge is 0.119 e. The van der Waals surface area contributed by atoms with Crippen LogP contribution in [-0.2, 0) is 6.42 Å². The van der Waals surface area contributed by atoms with Crippen LogP contribution in [0, 0.1) is 28.6 Å². The zero-order valence-corrected chi connectivity index (χ0v) is 9.10. The molecule has 3 nitrogen and oxygen atoms in total. The molecule has 0 radical (unpaired) electrons. The molecule has 0 saturated heterocycles. The van der Waals surface area contributed by atoms with Crippen LogP contribution in [-0.4, -0.2) is 7.11 Å². The zero-order chi connectivity index (χ0) is 11.5. The van der Waals surface area contributed by atoms with Crippen molar-refractivity contribution in [1.29, 1.82) is 10.5 Å². The Kier molecular flexibility index (Phi) is 2.79. The van der Waals surface area contributed by atoms with E-state index >= 15 is 0 Å². The summed E-state index contributed by atoms with van der Waals surface area (Å²) in [5.41, 5.74) is 2.12. The van der Waals surface area contributed by atoms with E-state index in [1.54, 1.807) is 7.11 Å². The van der Waals surface area contributed by atoms with Gasteiger partial charge in [-0.05, 0) is 36.1 Å². The highest BCUT2D eigenvalue weighted by Gasteiger charge is 2.29. The van der Waals surface area contributed by atoms with E-state index < -0.39 is 0 Å². The van der Waals surface area contributed by atoms with Crippen LogP contribution in [0.2, 0.25) is 0 Å². The molecule has 0 saturated carbocycles. The van der Waals surface area contributed by atoms with Crippen LogP contribution in [0.5, 0.6) is 5.75 Å². The third-order valence-electron chi connectivity index (χ3n) is 3.12. The summed E-state index contributed by atoms with van der Waals surface area (Å²) >= 11 is 0. The second kappa shape index (κ2) is 4.24. The van der Waals surface area contributed by atoms with E-state index in [2.05, 4.69) is 12.1 Å². The Morgan fingerprint density at radius 2 is 2.12 bits per heavy atom. The van der Waals surface area contributed by atoms with Gasteiger partial charge >= 0.3 is 0 Å². The predicted octanol–water partition coefficient (Wildman–Crippen LogP) is 2.39. The number of fused-ring (bicyclic) bond motifs is 1. The molecule has 0 aliphatic heterocycles. The molecule has 0 heterocycles. The van der Waals surface area contributed by atoms with Gasteiger partial charge in [0.15, 0.2) is 0 Å². The first-order chi connectivity index (χ1) is 7.80. The second-order valence-electron chi connectivity index (χ2n) is 3.95. The first-order valence-electron chi connectivity index (χ1n) is 5.26. The molecule has 3 heteroatoms. The van der Waals surface area contributed by atoms with Crippen LogP contribution in [0.3, 0.4) is 0 Å². The van der Waals surface area contributed by atoms with Gasteiger partial charge in [0, 0.05) is 0 Å². The lowest BCUT2D eigenvalue weighted by Gasteiger charge is -2.24. The minimum Gasteiger partial charge on any atom is -0.497 e. The number of hydrogen-bond donors (Lipinski definition) is 0. The molecular weight excluding hydrogens is 200 g/mol. The van der Waals surface area contributed by atoms with Crippen LogP contribution in [0.4, 0.5) is 0 Å². The van der Waals surface area contributed by atoms with E-state index in [4.69, 9.17) is 15.3 Å². The molecule has 0 bridgehead atoms. The summed E-state index contributed by atoms with van der Waals surface area (Å²) < 4.78 is 5.15. The van der Waals surface area contributed by atoms with Crippen LogP contribution in [0.15, 0.2) is 18.2 Å². The van der Waals surface area contributed by atoms with E-state index in [1.807, 2.05) is 18.2 Å². The second-order valence-corrected chi connectivity index (χ2v) is 3.95. The van der Waals surface area contributed by atoms with Gasteiger partial charge in [-0.3, -0.25) is 0 Å². The Balaban J connectivity index is 2.44. The van der Waals surface area contributed by atoms with Gasteiger partial charge in [0.05, 0.1) is 31.1 Å². The number of methoxy groups -OCH3 is 1. The molecule has 2 unspecified atom stereocenters. The third kappa shape index (κ3) is 1.61. The zero-order valence-electron chi connectivity index (χ0n) is 9.10. The van der Waals surface area contributed by atoms with E-state index in [0.29, 0.717) is 0 Å². The average molecular weight is 212 g/mol. The maximum atomic E-state index is 9.13. The SMILES string of the molecule is COc1ccc2c(c1)CCC(C#N)C2C#N. The maximum Gasteiger partial charge on any atom is 0.119 e. The summed E-state index contributed by atoms with van der Waals surface area (Å²) in [6, 6.07) is 10.2. The summed E-state index contributed by atoms with van der Waals surface area (Å²) in [4.78, 5) is 0. The number of hydrogen-bond acceptors (Lipinski definition) is 3. The molecule has 1 aliphatic rings. The van der Waals surface area contributed by atoms with Crippen molar-refractivity contribution in [2.45, 2.75) is 18.8 Å². The molecule has 2 rings (SSSR count). The van der Waals surface area contributed by atoms with Crippen molar-refractivity contribution in [3.8, 4) is 17.9 Å². The molecule has 2 atom stereocenters. The van der Waals surface area contributed by atoms with E-state index in [1.165, 1.54) is 0 Å². The van der Waals surface area contributed by atoms with Gasteiger partial charge in [0.2, 0.25) is 0 Å². The fraction of sp³-hybridized carbons (Fsp3) is 0.385. The molecule has 1 aromatic carbocycles. The number of rotatable bonds is 1. The molecule has 0 amide bonds. The fourth-order valence-corrected chi connectivity index (χ4v) is 2.22. The number of nitriles is 2. The highest BCUT2D eigenvalue weighted by Crippen LogP contribution is 2.36. The highest BCUT2D eigenvalue weighted by atomic mass is 16.5. The Bertz CT molecular complexity index is 482. The maximum absolute atomic E-state index is 9.13. The van der Waals surface area contributed by atoms with Crippen LogP contribution >= 0.6 is 0 Å². The Hall–Kier alpha value is -2.00. The summed E-state index contributed by atoms with van der Waals surface area (Å²) in [6.07, 6.45) is 1.61. The van der Waals surface area contributed by atoms with Crippen molar-refractivity contribution in [3.05, 3.63) is 29.3 Å². The molecule has 0 fully saturated rings. The van der Waals surface area contributed by atoms with Crippen molar-refractivity contribution in [1.82, 2.24) is 0 Å². The van der Waals surface area contributed by atoms with E-state index in [0.717, 1.165) is 29.7 Å². The topological polar surface area (TPSA) is 56.8 Å². The van der Waals surface area contributed by atoms with E-state index in [-0.39, 0.29) is 11.8 Å². The largest absolute Gasteiger partial charge is 0.497 e. The van der Waals surface area contributed by atoms with E-state index in [9.17, 15) is 0 Å². The van der Waals surface area contributed by atoms with Gasteiger partial charge in [0.1, 0.15) is 5.75 Å². The molecule has 0 spiro atoms. The van der Waals surface area contributed by atoms with Gasteiger partial charge in [-0.25, -0.2) is 0 Å². The summed E-state index contributed by atoms with van der Waals surface area (Å²) in [5, 5.41) is 18.1. The Morgan fingerprint density at radius 3 is 2.75 bits per heavy atom. The van der Waals surface area contributed by atoms with Crippen LogP contribution in [0.1, 0.15) is 23.5 Å². The molecule has 16 heavy (non-hydrogen) atoms. The fourth-order valence-electron chi connectivity index (χ4n) is 2.22. The normalized spacial score (nSPS) is 22.7. The predicted molar refractivity (Wildman–Crippen MR) is 58.8 cm³/mol. The molecule has 1 aliphatic carbocycles. The monoisotopic (exact) mass is 212 g/mol. The highest BCUT2D eigenvalue weighted by molar-refractivity contribution is 5.43. The lowest BCUT2D eigenvalue weighted by atomic mass is 9.76. The van der Waals surface area contributed by atoms with Crippen molar-refractivity contribution >= 4 is 0 Å². The molecule has 1 aromatic rings. The quantitative estimate of drug-likeness (QED) is 0.718. The van der Waals surface area contributed by atoms with Crippen molar-refractivity contribution in [2.75, 3.05) is 7.11 Å². The number of ether oxygens (including phenoxy) is 1. The Morgan fingerprint density at radius 1 is 1.31 bits per heavy atom. The summed E-state index contributed by atoms with van der Waals surface area (Å²) in [5.74, 6) is 0.344. The molecular formula is C13H12N2O. The lowest BCUT2D eigenvalue weighted by Crippen LogP contribution is -2.18. The van der Waals surface area contributed by atoms with Crippen molar-refractivity contribution < 1.29 is 4.74 Å². The standard InChI is InChI=1S/C13H12N2O/c1-16-11-4-5-12-9(6-11)2-3-10(7-14)13(12)8-15/h4-6,10,13H,2-3H2,1H3. The average Bonchev–Trinajstić information content (AvgIpc) is 2.36. The molecule has 80 valence electrons. The van der Waals surface area contributed by atoms with Gasteiger partial charge in [0.25, 0.3) is 0 Å². The van der Waals surface area contributed by atoms with Crippen LogP contribution in [0.25, 0.3) is 0 Å². The lowest BCUT2D eigenvalue weighted by molar-refractivity contribution is 0.412. The Labute approximate surface area is 94.9 Å². The van der Waals surface area contributed by atoms with Crippen molar-refractivity contribution in [3.63, 3.8) is 0 Å². The van der Waals surface area contributed by atoms with Crippen LogP contribution < -0.4 is 4.74 Å². The minimum absolute atomic E-state index is 0.175. The molecule has 0 aromatic heterocycles. The number of aryl methyl sites for hydroxylation is 1. The number of nitrogens with zero attached hydrogens (tertiary/aromatic N) is 2. The minimum atomic E-state index is -0.292. The number of benzene rings is 1. The van der Waals surface area contributed by atoms with Crippen molar-refractivity contribution in [2.24, 2.45) is 5.92 Å². The van der Waals surface area contributed by atoms with Gasteiger partial charge in [-0.15, -0.1) is 0 Å². The van der Waals surface area contributed by atoms with Gasteiger partial charge in [-0.1, -0.05) is 6.07 Å². The summed E-state index contributed by atoms with van der Waals surface area (Å²) in [6.45, 7) is 0. The van der Waals surface area contributed by atoms with Gasteiger partial charge in [-0.2, -0.15) is 10.5 Å². The van der Waals surface area contributed by atoms with Gasteiger partial charge < -0.3 is 4.74 Å². The first-order valence-corrected chi connectivity index (χ1v) is 5.26. The third-order valence-corrected chi connectivity index (χ3v) is 3.12.